The summed E-state index contributed by atoms with van der Waals surface area (Å²) in [4.78, 5) is 18.9. The lowest BCUT2D eigenvalue weighted by Crippen LogP contribution is -2.55. The van der Waals surface area contributed by atoms with Crippen molar-refractivity contribution in [1.29, 1.82) is 0 Å². The van der Waals surface area contributed by atoms with Crippen molar-refractivity contribution in [2.45, 2.75) is 52.0 Å². The first kappa shape index (κ1) is 18.6. The van der Waals surface area contributed by atoms with Gasteiger partial charge >= 0.3 is 0 Å². The molecule has 0 unspecified atom stereocenters. The van der Waals surface area contributed by atoms with Gasteiger partial charge < -0.3 is 14.2 Å². The van der Waals surface area contributed by atoms with Gasteiger partial charge in [0.2, 0.25) is 17.6 Å². The summed E-state index contributed by atoms with van der Waals surface area (Å²) < 4.78 is 10.8. The van der Waals surface area contributed by atoms with Gasteiger partial charge in [-0.2, -0.15) is 4.98 Å². The Kier molecular flexibility index (Phi) is 5.41. The van der Waals surface area contributed by atoms with Crippen LogP contribution in [0.4, 0.5) is 0 Å². The minimum absolute atomic E-state index is 0.0966. The normalized spacial score (nSPS) is 16.9. The summed E-state index contributed by atoms with van der Waals surface area (Å²) in [5, 5.41) is 4.05. The van der Waals surface area contributed by atoms with Gasteiger partial charge in [0.25, 0.3) is 0 Å². The fourth-order valence-corrected chi connectivity index (χ4v) is 3.16. The number of hydrogen-bond donors (Lipinski definition) is 0. The number of aryl methyl sites for hydroxylation is 1. The maximum atomic E-state index is 12.5. The number of morpholine rings is 1. The minimum Gasteiger partial charge on any atom is -0.377 e. The van der Waals surface area contributed by atoms with Crippen LogP contribution in [0.3, 0.4) is 0 Å². The average Bonchev–Trinajstić information content (AvgIpc) is 3.08. The van der Waals surface area contributed by atoms with Crippen molar-refractivity contribution in [3.63, 3.8) is 0 Å². The first-order valence-corrected chi connectivity index (χ1v) is 9.18. The maximum absolute atomic E-state index is 12.5. The lowest BCUT2D eigenvalue weighted by atomic mass is 10.0. The van der Waals surface area contributed by atoms with Crippen molar-refractivity contribution in [2.24, 2.45) is 0 Å². The fraction of sp³-hybridized carbons (Fsp3) is 0.550. The summed E-state index contributed by atoms with van der Waals surface area (Å²) in [7, 11) is 0. The van der Waals surface area contributed by atoms with E-state index in [1.54, 1.807) is 0 Å². The molecule has 1 aliphatic heterocycles. The van der Waals surface area contributed by atoms with Gasteiger partial charge in [0.15, 0.2) is 0 Å². The molecule has 1 fully saturated rings. The molecule has 6 nitrogen and oxygen atoms in total. The maximum Gasteiger partial charge on any atom is 0.227 e. The highest BCUT2D eigenvalue weighted by atomic mass is 16.5. The molecule has 6 heteroatoms. The number of carbonyl (C=O) groups is 1. The molecular formula is C20H27N3O3. The molecule has 1 amide bonds. The third-order valence-corrected chi connectivity index (χ3v) is 4.80. The van der Waals surface area contributed by atoms with E-state index in [1.165, 1.54) is 5.56 Å². The van der Waals surface area contributed by atoms with Gasteiger partial charge in [-0.1, -0.05) is 43.3 Å². The van der Waals surface area contributed by atoms with Gasteiger partial charge in [0, 0.05) is 24.9 Å². The van der Waals surface area contributed by atoms with Crippen LogP contribution in [0.1, 0.15) is 51.5 Å². The Morgan fingerprint density at radius 2 is 2.00 bits per heavy atom. The standard InChI is InChI=1S/C20H27N3O3/c1-14(2)15-5-7-16(8-6-15)19-21-17(26-22-19)9-10-18(24)23-11-12-25-13-20(23,3)4/h5-8,14H,9-13H2,1-4H3. The number of carbonyl (C=O) groups excluding carboxylic acids is 1. The average molecular weight is 357 g/mol. The molecule has 0 atom stereocenters. The topological polar surface area (TPSA) is 68.5 Å². The third-order valence-electron chi connectivity index (χ3n) is 4.80. The Hall–Kier alpha value is -2.21. The molecule has 0 bridgehead atoms. The summed E-state index contributed by atoms with van der Waals surface area (Å²) in [6.07, 6.45) is 0.806. The largest absolute Gasteiger partial charge is 0.377 e. The van der Waals surface area contributed by atoms with E-state index in [0.29, 0.717) is 50.2 Å². The smallest absolute Gasteiger partial charge is 0.227 e. The Morgan fingerprint density at radius 3 is 2.65 bits per heavy atom. The van der Waals surface area contributed by atoms with E-state index in [9.17, 15) is 4.79 Å². The number of rotatable bonds is 5. The molecule has 0 N–H and O–H groups in total. The molecule has 2 aromatic rings. The van der Waals surface area contributed by atoms with E-state index in [0.717, 1.165) is 5.56 Å². The lowest BCUT2D eigenvalue weighted by molar-refractivity contribution is -0.146. The van der Waals surface area contributed by atoms with E-state index in [2.05, 4.69) is 36.1 Å². The van der Waals surface area contributed by atoms with Gasteiger partial charge in [-0.3, -0.25) is 4.79 Å². The summed E-state index contributed by atoms with van der Waals surface area (Å²) in [5.74, 6) is 1.64. The van der Waals surface area contributed by atoms with Crippen LogP contribution < -0.4 is 0 Å². The van der Waals surface area contributed by atoms with E-state index in [4.69, 9.17) is 9.26 Å². The van der Waals surface area contributed by atoms with Crippen LogP contribution in [0.2, 0.25) is 0 Å². The molecule has 1 aromatic heterocycles. The molecule has 1 saturated heterocycles. The van der Waals surface area contributed by atoms with Crippen LogP contribution in [-0.2, 0) is 16.0 Å². The number of nitrogens with zero attached hydrogens (tertiary/aromatic N) is 3. The first-order valence-electron chi connectivity index (χ1n) is 9.18. The van der Waals surface area contributed by atoms with Crippen molar-refractivity contribution < 1.29 is 14.1 Å². The quantitative estimate of drug-likeness (QED) is 0.820. The van der Waals surface area contributed by atoms with E-state index >= 15 is 0 Å². The highest BCUT2D eigenvalue weighted by Crippen LogP contribution is 2.22. The first-order chi connectivity index (χ1) is 12.4. The van der Waals surface area contributed by atoms with E-state index in [-0.39, 0.29) is 11.4 Å². The SMILES string of the molecule is CC(C)c1ccc(-c2noc(CCC(=O)N3CCOCC3(C)C)n2)cc1. The zero-order valence-electron chi connectivity index (χ0n) is 16.0. The molecule has 140 valence electrons. The van der Waals surface area contributed by atoms with Crippen LogP contribution in [0.5, 0.6) is 0 Å². The molecule has 3 rings (SSSR count). The van der Waals surface area contributed by atoms with Crippen LogP contribution in [0.25, 0.3) is 11.4 Å². The van der Waals surface area contributed by atoms with Gasteiger partial charge in [-0.25, -0.2) is 0 Å². The summed E-state index contributed by atoms with van der Waals surface area (Å²) >= 11 is 0. The van der Waals surface area contributed by atoms with Gasteiger partial charge in [0.05, 0.1) is 18.8 Å². The molecule has 0 radical (unpaired) electrons. The summed E-state index contributed by atoms with van der Waals surface area (Å²) in [6.45, 7) is 10.2. The predicted molar refractivity (Wildman–Crippen MR) is 98.8 cm³/mol. The van der Waals surface area contributed by atoms with E-state index in [1.807, 2.05) is 30.9 Å². The van der Waals surface area contributed by atoms with Crippen LogP contribution in [-0.4, -0.2) is 46.2 Å². The molecule has 0 spiro atoms. The Morgan fingerprint density at radius 1 is 1.27 bits per heavy atom. The number of aromatic nitrogens is 2. The lowest BCUT2D eigenvalue weighted by Gasteiger charge is -2.42. The molecule has 0 aliphatic carbocycles. The predicted octanol–water partition coefficient (Wildman–Crippen LogP) is 3.43. The fourth-order valence-electron chi connectivity index (χ4n) is 3.16. The second-order valence-electron chi connectivity index (χ2n) is 7.70. The number of ether oxygens (including phenoxy) is 1. The van der Waals surface area contributed by atoms with Crippen LogP contribution >= 0.6 is 0 Å². The molecule has 1 aromatic carbocycles. The van der Waals surface area contributed by atoms with Gasteiger partial charge in [-0.15, -0.1) is 0 Å². The Bertz CT molecular complexity index is 750. The number of hydrogen-bond acceptors (Lipinski definition) is 5. The van der Waals surface area contributed by atoms with Gasteiger partial charge in [-0.05, 0) is 25.3 Å². The van der Waals surface area contributed by atoms with Gasteiger partial charge in [0.1, 0.15) is 0 Å². The minimum atomic E-state index is -0.270. The molecule has 0 saturated carbocycles. The second-order valence-corrected chi connectivity index (χ2v) is 7.70. The van der Waals surface area contributed by atoms with Crippen molar-refractivity contribution in [3.8, 4) is 11.4 Å². The zero-order valence-corrected chi connectivity index (χ0v) is 16.0. The summed E-state index contributed by atoms with van der Waals surface area (Å²) in [5.41, 5.74) is 1.93. The summed E-state index contributed by atoms with van der Waals surface area (Å²) in [6, 6.07) is 8.18. The van der Waals surface area contributed by atoms with Crippen molar-refractivity contribution in [2.75, 3.05) is 19.8 Å². The highest BCUT2D eigenvalue weighted by Gasteiger charge is 2.33. The Balaban J connectivity index is 1.61. The molecule has 26 heavy (non-hydrogen) atoms. The number of benzene rings is 1. The van der Waals surface area contributed by atoms with E-state index < -0.39 is 0 Å². The highest BCUT2D eigenvalue weighted by molar-refractivity contribution is 5.77. The monoisotopic (exact) mass is 357 g/mol. The van der Waals surface area contributed by atoms with Crippen molar-refractivity contribution in [1.82, 2.24) is 15.0 Å². The third kappa shape index (κ3) is 4.12. The Labute approximate surface area is 154 Å². The molecule has 2 heterocycles. The number of amides is 1. The van der Waals surface area contributed by atoms with Crippen LogP contribution in [0, 0.1) is 0 Å². The molecular weight excluding hydrogens is 330 g/mol. The second kappa shape index (κ2) is 7.58. The molecule has 1 aliphatic rings. The van der Waals surface area contributed by atoms with Crippen LogP contribution in [0.15, 0.2) is 28.8 Å². The zero-order chi connectivity index (χ0) is 18.7. The van der Waals surface area contributed by atoms with Crippen molar-refractivity contribution >= 4 is 5.91 Å². The van der Waals surface area contributed by atoms with Crippen molar-refractivity contribution in [3.05, 3.63) is 35.7 Å².